The van der Waals surface area contributed by atoms with E-state index in [0.29, 0.717) is 25.1 Å². The fourth-order valence-corrected chi connectivity index (χ4v) is 3.67. The van der Waals surface area contributed by atoms with Gasteiger partial charge in [-0.15, -0.1) is 0 Å². The first kappa shape index (κ1) is 16.1. The maximum atomic E-state index is 12.8. The third-order valence-electron chi connectivity index (χ3n) is 4.99. The van der Waals surface area contributed by atoms with Crippen molar-refractivity contribution in [2.45, 2.75) is 32.3 Å². The van der Waals surface area contributed by atoms with E-state index in [2.05, 4.69) is 5.16 Å². The largest absolute Gasteiger partial charge is 0.493 e. The Labute approximate surface area is 146 Å². The molecule has 1 fully saturated rings. The fraction of sp³-hybridized carbons (Fsp3) is 0.474. The lowest BCUT2D eigenvalue weighted by molar-refractivity contribution is 0.0764. The van der Waals surface area contributed by atoms with Crippen LogP contribution in [0.4, 0.5) is 0 Å². The van der Waals surface area contributed by atoms with Crippen LogP contribution in [-0.2, 0) is 12.8 Å². The lowest BCUT2D eigenvalue weighted by atomic mass is 10.0. The number of likely N-dealkylation sites (tertiary alicyclic amines) is 1. The molecule has 2 aliphatic rings. The second-order valence-electron chi connectivity index (χ2n) is 6.95. The molecule has 1 aromatic heterocycles. The molecule has 1 amide bonds. The molecule has 0 radical (unpaired) electrons. The van der Waals surface area contributed by atoms with Crippen LogP contribution < -0.4 is 4.74 Å². The summed E-state index contributed by atoms with van der Waals surface area (Å²) in [6.45, 7) is 3.48. The normalized spacial score (nSPS) is 22.6. The summed E-state index contributed by atoms with van der Waals surface area (Å²) in [6, 6.07) is 7.49. The SMILES string of the molecule is Cc1cc(C[C@@H]2CN(C(=O)c3ccc4c(c3)CCCO4)C[C@H]2O)on1. The number of aryl methyl sites for hydroxylation is 2. The van der Waals surface area contributed by atoms with Gasteiger partial charge in [-0.05, 0) is 43.5 Å². The first-order valence-corrected chi connectivity index (χ1v) is 8.75. The summed E-state index contributed by atoms with van der Waals surface area (Å²) in [5, 5.41) is 14.2. The molecule has 1 N–H and O–H groups in total. The molecule has 1 saturated heterocycles. The van der Waals surface area contributed by atoms with Gasteiger partial charge < -0.3 is 19.3 Å². The molecule has 25 heavy (non-hydrogen) atoms. The van der Waals surface area contributed by atoms with Crippen LogP contribution in [-0.4, -0.2) is 46.9 Å². The average molecular weight is 342 g/mol. The number of aromatic nitrogens is 1. The van der Waals surface area contributed by atoms with Crippen LogP contribution in [0.5, 0.6) is 5.75 Å². The van der Waals surface area contributed by atoms with Gasteiger partial charge in [-0.25, -0.2) is 0 Å². The van der Waals surface area contributed by atoms with E-state index in [1.165, 1.54) is 0 Å². The van der Waals surface area contributed by atoms with Crippen LogP contribution in [0, 0.1) is 12.8 Å². The number of benzene rings is 1. The summed E-state index contributed by atoms with van der Waals surface area (Å²) in [5.74, 6) is 1.56. The van der Waals surface area contributed by atoms with Crippen molar-refractivity contribution in [1.82, 2.24) is 10.1 Å². The van der Waals surface area contributed by atoms with Crippen molar-refractivity contribution < 1.29 is 19.2 Å². The van der Waals surface area contributed by atoms with Crippen LogP contribution in [0.25, 0.3) is 0 Å². The van der Waals surface area contributed by atoms with Crippen LogP contribution in [0.15, 0.2) is 28.8 Å². The van der Waals surface area contributed by atoms with Gasteiger partial charge in [0.1, 0.15) is 11.5 Å². The molecule has 0 saturated carbocycles. The molecular weight excluding hydrogens is 320 g/mol. The number of fused-ring (bicyclic) bond motifs is 1. The highest BCUT2D eigenvalue weighted by molar-refractivity contribution is 5.95. The standard InChI is InChI=1S/C19H22N2O4/c1-12-7-16(25-20-12)9-15-10-21(11-17(15)22)19(23)14-4-5-18-13(8-14)3-2-6-24-18/h4-5,7-8,15,17,22H,2-3,6,9-11H2,1H3/t15-,17-/m1/s1. The first-order valence-electron chi connectivity index (χ1n) is 8.75. The van der Waals surface area contributed by atoms with E-state index in [0.717, 1.165) is 42.2 Å². The van der Waals surface area contributed by atoms with Crippen LogP contribution in [0.1, 0.15) is 33.8 Å². The highest BCUT2D eigenvalue weighted by Crippen LogP contribution is 2.28. The second-order valence-corrected chi connectivity index (χ2v) is 6.95. The predicted molar refractivity (Wildman–Crippen MR) is 90.6 cm³/mol. The quantitative estimate of drug-likeness (QED) is 0.923. The van der Waals surface area contributed by atoms with Crippen LogP contribution >= 0.6 is 0 Å². The molecule has 1 aromatic carbocycles. The lowest BCUT2D eigenvalue weighted by Gasteiger charge is -2.20. The van der Waals surface area contributed by atoms with Gasteiger partial charge in [0.25, 0.3) is 5.91 Å². The third-order valence-corrected chi connectivity index (χ3v) is 4.99. The third kappa shape index (κ3) is 3.26. The fourth-order valence-electron chi connectivity index (χ4n) is 3.67. The van der Waals surface area contributed by atoms with E-state index in [1.807, 2.05) is 31.2 Å². The van der Waals surface area contributed by atoms with E-state index in [4.69, 9.17) is 9.26 Å². The second kappa shape index (κ2) is 6.52. The molecule has 2 atom stereocenters. The smallest absolute Gasteiger partial charge is 0.253 e. The molecule has 2 aromatic rings. The van der Waals surface area contributed by atoms with Gasteiger partial charge >= 0.3 is 0 Å². The topological polar surface area (TPSA) is 75.8 Å². The van der Waals surface area contributed by atoms with Crippen molar-refractivity contribution in [2.75, 3.05) is 19.7 Å². The lowest BCUT2D eigenvalue weighted by Crippen LogP contribution is -2.29. The highest BCUT2D eigenvalue weighted by Gasteiger charge is 2.35. The summed E-state index contributed by atoms with van der Waals surface area (Å²) >= 11 is 0. The summed E-state index contributed by atoms with van der Waals surface area (Å²) in [7, 11) is 0. The van der Waals surface area contributed by atoms with Crippen molar-refractivity contribution in [3.05, 3.63) is 46.8 Å². The molecule has 4 rings (SSSR count). The number of hydrogen-bond acceptors (Lipinski definition) is 5. The molecule has 6 heteroatoms. The zero-order valence-electron chi connectivity index (χ0n) is 14.3. The maximum absolute atomic E-state index is 12.8. The Morgan fingerprint density at radius 3 is 3.04 bits per heavy atom. The molecule has 0 unspecified atom stereocenters. The number of ether oxygens (including phenoxy) is 1. The van der Waals surface area contributed by atoms with E-state index >= 15 is 0 Å². The number of aliphatic hydroxyl groups is 1. The average Bonchev–Trinajstić information content (AvgIpc) is 3.20. The van der Waals surface area contributed by atoms with Crippen LogP contribution in [0.2, 0.25) is 0 Å². The van der Waals surface area contributed by atoms with Gasteiger partial charge in [-0.1, -0.05) is 5.16 Å². The number of carbonyl (C=O) groups excluding carboxylic acids is 1. The zero-order valence-corrected chi connectivity index (χ0v) is 14.3. The summed E-state index contributed by atoms with van der Waals surface area (Å²) in [5.41, 5.74) is 2.57. The molecule has 2 aliphatic heterocycles. The van der Waals surface area contributed by atoms with Crippen molar-refractivity contribution in [3.63, 3.8) is 0 Å². The van der Waals surface area contributed by atoms with Crippen molar-refractivity contribution in [2.24, 2.45) is 5.92 Å². The van der Waals surface area contributed by atoms with Gasteiger partial charge in [-0.3, -0.25) is 4.79 Å². The minimum absolute atomic E-state index is 0.0303. The number of carbonyl (C=O) groups is 1. The van der Waals surface area contributed by atoms with Crippen LogP contribution in [0.3, 0.4) is 0 Å². The Hall–Kier alpha value is -2.34. The van der Waals surface area contributed by atoms with Gasteiger partial charge in [0.2, 0.25) is 0 Å². The predicted octanol–water partition coefficient (Wildman–Crippen LogP) is 1.98. The Morgan fingerprint density at radius 1 is 1.36 bits per heavy atom. The molecule has 0 bridgehead atoms. The molecular formula is C19H22N2O4. The maximum Gasteiger partial charge on any atom is 0.253 e. The van der Waals surface area contributed by atoms with Crippen molar-refractivity contribution >= 4 is 5.91 Å². The van der Waals surface area contributed by atoms with E-state index in [-0.39, 0.29) is 11.8 Å². The van der Waals surface area contributed by atoms with E-state index in [9.17, 15) is 9.90 Å². The van der Waals surface area contributed by atoms with Gasteiger partial charge in [0, 0.05) is 37.1 Å². The number of rotatable bonds is 3. The van der Waals surface area contributed by atoms with Crippen molar-refractivity contribution in [3.8, 4) is 5.75 Å². The highest BCUT2D eigenvalue weighted by atomic mass is 16.5. The Morgan fingerprint density at radius 2 is 2.24 bits per heavy atom. The van der Waals surface area contributed by atoms with Gasteiger partial charge in [0.15, 0.2) is 0 Å². The molecule has 3 heterocycles. The molecule has 0 aliphatic carbocycles. The summed E-state index contributed by atoms with van der Waals surface area (Å²) in [6.07, 6.45) is 1.96. The van der Waals surface area contributed by atoms with E-state index < -0.39 is 6.10 Å². The molecule has 132 valence electrons. The molecule has 6 nitrogen and oxygen atoms in total. The van der Waals surface area contributed by atoms with Gasteiger partial charge in [0.05, 0.1) is 18.4 Å². The Kier molecular flexibility index (Phi) is 4.21. The van der Waals surface area contributed by atoms with E-state index in [1.54, 1.807) is 4.90 Å². The summed E-state index contributed by atoms with van der Waals surface area (Å²) in [4.78, 5) is 14.5. The first-order chi connectivity index (χ1) is 12.1. The summed E-state index contributed by atoms with van der Waals surface area (Å²) < 4.78 is 10.8. The minimum Gasteiger partial charge on any atom is -0.493 e. The Bertz CT molecular complexity index is 785. The number of aliphatic hydroxyl groups excluding tert-OH is 1. The monoisotopic (exact) mass is 342 g/mol. The number of nitrogens with zero attached hydrogens (tertiary/aromatic N) is 2. The van der Waals surface area contributed by atoms with Gasteiger partial charge in [-0.2, -0.15) is 0 Å². The minimum atomic E-state index is -0.546. The zero-order chi connectivity index (χ0) is 17.4. The van der Waals surface area contributed by atoms with Crippen molar-refractivity contribution in [1.29, 1.82) is 0 Å². The number of amides is 1. The number of hydrogen-bond donors (Lipinski definition) is 1. The Balaban J connectivity index is 1.46. The molecule has 0 spiro atoms. The number of β-amino-alcohol motifs (C(OH)–C–C–N with tert-alkyl or cyclic N) is 1.